The highest BCUT2D eigenvalue weighted by Crippen LogP contribution is 2.37. The summed E-state index contributed by atoms with van der Waals surface area (Å²) < 4.78 is 2.33. The smallest absolute Gasteiger partial charge is 0.242 e. The highest BCUT2D eigenvalue weighted by Gasteiger charge is 2.35. The molecule has 1 unspecified atom stereocenters. The molecule has 0 aromatic carbocycles. The molecule has 1 atom stereocenters. The first-order valence-electron chi connectivity index (χ1n) is 8.95. The van der Waals surface area contributed by atoms with Crippen LogP contribution in [0.2, 0.25) is 0 Å². The van der Waals surface area contributed by atoms with Gasteiger partial charge in [-0.05, 0) is 25.7 Å². The molecule has 0 radical (unpaired) electrons. The minimum absolute atomic E-state index is 0.0510. The average Bonchev–Trinajstić information content (AvgIpc) is 3.16. The number of nitrogens with zero attached hydrogens (tertiary/aromatic N) is 4. The zero-order valence-electron chi connectivity index (χ0n) is 14.2. The van der Waals surface area contributed by atoms with Crippen LogP contribution in [0.25, 0.3) is 0 Å². The highest BCUT2D eigenvalue weighted by molar-refractivity contribution is 5.88. The van der Waals surface area contributed by atoms with Crippen molar-refractivity contribution in [1.29, 1.82) is 0 Å². The largest absolute Gasteiger partial charge is 0.357 e. The molecule has 24 heavy (non-hydrogen) atoms. The number of likely N-dealkylation sites (tertiary alicyclic amines) is 1. The van der Waals surface area contributed by atoms with Crippen molar-refractivity contribution in [2.75, 3.05) is 26.7 Å². The molecule has 0 bridgehead atoms. The number of carbonyl (C=O) groups excluding carboxylic acids is 2. The molecule has 1 saturated heterocycles. The van der Waals surface area contributed by atoms with Crippen molar-refractivity contribution in [2.45, 2.75) is 50.7 Å². The normalized spacial score (nSPS) is 24.0. The summed E-state index contributed by atoms with van der Waals surface area (Å²) >= 11 is 0. The summed E-state index contributed by atoms with van der Waals surface area (Å²) in [7, 11) is 1.63. The zero-order valence-corrected chi connectivity index (χ0v) is 14.2. The third-order valence-corrected chi connectivity index (χ3v) is 5.44. The second kappa shape index (κ2) is 6.20. The molecule has 4 rings (SSSR count). The highest BCUT2D eigenvalue weighted by atomic mass is 16.2. The number of carbonyl (C=O) groups is 2. The SMILES string of the molecule is CNC(=O)C1CCCN1C(=O)CN1CCc2c(ncn2C2CC2)C1. The van der Waals surface area contributed by atoms with Crippen molar-refractivity contribution in [3.63, 3.8) is 0 Å². The number of hydrogen-bond donors (Lipinski definition) is 1. The lowest BCUT2D eigenvalue weighted by Gasteiger charge is -2.30. The van der Waals surface area contributed by atoms with E-state index in [0.717, 1.165) is 38.0 Å². The fourth-order valence-corrected chi connectivity index (χ4v) is 3.97. The van der Waals surface area contributed by atoms with Crippen LogP contribution in [-0.2, 0) is 22.6 Å². The molecular weight excluding hydrogens is 306 g/mol. The third kappa shape index (κ3) is 2.81. The Bertz CT molecular complexity index is 651. The van der Waals surface area contributed by atoms with Crippen LogP contribution in [0.3, 0.4) is 0 Å². The average molecular weight is 331 g/mol. The van der Waals surface area contributed by atoms with Crippen LogP contribution in [0.5, 0.6) is 0 Å². The standard InChI is InChI=1S/C17H25N5O2/c1-18-17(24)15-3-2-7-21(15)16(23)10-20-8-6-14-13(9-20)19-11-22(14)12-4-5-12/h11-12,15H,2-10H2,1H3,(H,18,24). The number of imidazole rings is 1. The Morgan fingerprint density at radius 2 is 2.12 bits per heavy atom. The molecule has 130 valence electrons. The lowest BCUT2D eigenvalue weighted by Crippen LogP contribution is -2.49. The molecule has 7 heteroatoms. The molecule has 1 aliphatic carbocycles. The van der Waals surface area contributed by atoms with Gasteiger partial charge >= 0.3 is 0 Å². The Morgan fingerprint density at radius 1 is 1.29 bits per heavy atom. The first-order chi connectivity index (χ1) is 11.7. The quantitative estimate of drug-likeness (QED) is 0.862. The van der Waals surface area contributed by atoms with E-state index in [1.165, 1.54) is 18.5 Å². The van der Waals surface area contributed by atoms with Gasteiger partial charge in [0, 0.05) is 44.8 Å². The van der Waals surface area contributed by atoms with Crippen molar-refractivity contribution in [2.24, 2.45) is 0 Å². The molecule has 1 aromatic rings. The maximum absolute atomic E-state index is 12.7. The Labute approximate surface area is 142 Å². The number of fused-ring (bicyclic) bond motifs is 1. The van der Waals surface area contributed by atoms with Gasteiger partial charge in [-0.3, -0.25) is 14.5 Å². The zero-order chi connectivity index (χ0) is 16.7. The van der Waals surface area contributed by atoms with Crippen molar-refractivity contribution in [3.05, 3.63) is 17.7 Å². The van der Waals surface area contributed by atoms with E-state index < -0.39 is 0 Å². The maximum Gasteiger partial charge on any atom is 0.242 e. The van der Waals surface area contributed by atoms with Gasteiger partial charge in [-0.25, -0.2) is 4.98 Å². The van der Waals surface area contributed by atoms with Gasteiger partial charge < -0.3 is 14.8 Å². The molecule has 2 fully saturated rings. The first kappa shape index (κ1) is 15.6. The number of hydrogen-bond acceptors (Lipinski definition) is 4. The van der Waals surface area contributed by atoms with Gasteiger partial charge in [0.2, 0.25) is 11.8 Å². The Morgan fingerprint density at radius 3 is 2.88 bits per heavy atom. The van der Waals surface area contributed by atoms with Gasteiger partial charge in [0.25, 0.3) is 0 Å². The fourth-order valence-electron chi connectivity index (χ4n) is 3.97. The number of rotatable bonds is 4. The van der Waals surface area contributed by atoms with Crippen molar-refractivity contribution < 1.29 is 9.59 Å². The molecule has 2 aliphatic heterocycles. The fraction of sp³-hybridized carbons (Fsp3) is 0.706. The molecular formula is C17H25N5O2. The van der Waals surface area contributed by atoms with E-state index in [1.54, 1.807) is 11.9 Å². The molecule has 0 spiro atoms. The third-order valence-electron chi connectivity index (χ3n) is 5.44. The Kier molecular flexibility index (Phi) is 4.04. The summed E-state index contributed by atoms with van der Waals surface area (Å²) in [5.74, 6) is 0.0103. The van der Waals surface area contributed by atoms with E-state index in [4.69, 9.17) is 0 Å². The van der Waals surface area contributed by atoms with E-state index in [0.29, 0.717) is 19.1 Å². The predicted octanol–water partition coefficient (Wildman–Crippen LogP) is 0.313. The molecule has 3 heterocycles. The minimum atomic E-state index is -0.295. The predicted molar refractivity (Wildman–Crippen MR) is 88.3 cm³/mol. The number of nitrogens with one attached hydrogen (secondary N) is 1. The number of likely N-dealkylation sites (N-methyl/N-ethyl adjacent to an activating group) is 1. The summed E-state index contributed by atoms with van der Waals surface area (Å²) in [4.78, 5) is 33.1. The number of aromatic nitrogens is 2. The van der Waals surface area contributed by atoms with Crippen LogP contribution < -0.4 is 5.32 Å². The summed E-state index contributed by atoms with van der Waals surface area (Å²) in [6, 6.07) is 0.365. The monoisotopic (exact) mass is 331 g/mol. The lowest BCUT2D eigenvalue weighted by molar-refractivity contribution is -0.139. The summed E-state index contributed by atoms with van der Waals surface area (Å²) in [6.07, 6.45) is 7.12. The van der Waals surface area contributed by atoms with E-state index in [-0.39, 0.29) is 17.9 Å². The van der Waals surface area contributed by atoms with Crippen LogP contribution in [0.4, 0.5) is 0 Å². The maximum atomic E-state index is 12.7. The van der Waals surface area contributed by atoms with Crippen LogP contribution in [-0.4, -0.2) is 63.9 Å². The van der Waals surface area contributed by atoms with Crippen molar-refractivity contribution in [3.8, 4) is 0 Å². The van der Waals surface area contributed by atoms with Gasteiger partial charge in [0.05, 0.1) is 18.6 Å². The second-order valence-electron chi connectivity index (χ2n) is 7.10. The van der Waals surface area contributed by atoms with Crippen LogP contribution >= 0.6 is 0 Å². The summed E-state index contributed by atoms with van der Waals surface area (Å²) in [5, 5.41) is 2.67. The molecule has 3 aliphatic rings. The molecule has 7 nitrogen and oxygen atoms in total. The van der Waals surface area contributed by atoms with Gasteiger partial charge in [-0.15, -0.1) is 0 Å². The van der Waals surface area contributed by atoms with E-state index in [2.05, 4.69) is 19.8 Å². The second-order valence-corrected chi connectivity index (χ2v) is 7.10. The van der Waals surface area contributed by atoms with Crippen LogP contribution in [0, 0.1) is 0 Å². The Hall–Kier alpha value is -1.89. The van der Waals surface area contributed by atoms with E-state index in [1.807, 2.05) is 6.33 Å². The first-order valence-corrected chi connectivity index (χ1v) is 8.95. The minimum Gasteiger partial charge on any atom is -0.357 e. The van der Waals surface area contributed by atoms with Crippen molar-refractivity contribution >= 4 is 11.8 Å². The topological polar surface area (TPSA) is 70.5 Å². The van der Waals surface area contributed by atoms with Gasteiger partial charge in [0.15, 0.2) is 0 Å². The van der Waals surface area contributed by atoms with E-state index >= 15 is 0 Å². The molecule has 1 N–H and O–H groups in total. The van der Waals surface area contributed by atoms with E-state index in [9.17, 15) is 9.59 Å². The Balaban J connectivity index is 1.39. The van der Waals surface area contributed by atoms with Gasteiger partial charge in [-0.1, -0.05) is 0 Å². The molecule has 1 aromatic heterocycles. The van der Waals surface area contributed by atoms with Crippen LogP contribution in [0.15, 0.2) is 6.33 Å². The molecule has 1 saturated carbocycles. The van der Waals surface area contributed by atoms with Crippen LogP contribution in [0.1, 0.15) is 43.1 Å². The summed E-state index contributed by atoms with van der Waals surface area (Å²) in [6.45, 7) is 2.68. The van der Waals surface area contributed by atoms with Gasteiger partial charge in [0.1, 0.15) is 6.04 Å². The summed E-state index contributed by atoms with van der Waals surface area (Å²) in [5.41, 5.74) is 2.47. The molecule has 2 amide bonds. The lowest BCUT2D eigenvalue weighted by atomic mass is 10.1. The van der Waals surface area contributed by atoms with Gasteiger partial charge in [-0.2, -0.15) is 0 Å². The van der Waals surface area contributed by atoms with Crippen molar-refractivity contribution in [1.82, 2.24) is 24.7 Å². The number of amides is 2.